The number of benzene rings is 2. The Kier molecular flexibility index (Phi) is 4.08. The van der Waals surface area contributed by atoms with Crippen molar-refractivity contribution < 1.29 is 14.6 Å². The number of methoxy groups -OCH3 is 1. The summed E-state index contributed by atoms with van der Waals surface area (Å²) in [6.07, 6.45) is 0. The van der Waals surface area contributed by atoms with E-state index in [0.717, 1.165) is 11.1 Å². The maximum atomic E-state index is 11.5. The van der Waals surface area contributed by atoms with E-state index in [1.807, 2.05) is 24.3 Å². The standard InChI is InChI=1S/C17H18O3/c1-11(2)12-7-4-5-8-13(12)16-14(17(18)19)9-6-10-15(16)20-3/h4-11H,1-3H3,(H,18,19). The maximum absolute atomic E-state index is 11.5. The summed E-state index contributed by atoms with van der Waals surface area (Å²) in [7, 11) is 1.56. The molecular weight excluding hydrogens is 252 g/mol. The highest BCUT2D eigenvalue weighted by Gasteiger charge is 2.19. The van der Waals surface area contributed by atoms with Crippen molar-refractivity contribution in [2.45, 2.75) is 19.8 Å². The van der Waals surface area contributed by atoms with Crippen LogP contribution in [-0.2, 0) is 0 Å². The van der Waals surface area contributed by atoms with Gasteiger partial charge >= 0.3 is 5.97 Å². The van der Waals surface area contributed by atoms with Crippen molar-refractivity contribution in [3.05, 3.63) is 53.6 Å². The van der Waals surface area contributed by atoms with Crippen molar-refractivity contribution in [1.29, 1.82) is 0 Å². The number of rotatable bonds is 4. The highest BCUT2D eigenvalue weighted by atomic mass is 16.5. The average Bonchev–Trinajstić information content (AvgIpc) is 2.46. The molecule has 20 heavy (non-hydrogen) atoms. The summed E-state index contributed by atoms with van der Waals surface area (Å²) >= 11 is 0. The Bertz CT molecular complexity index is 630. The molecule has 2 aromatic carbocycles. The van der Waals surface area contributed by atoms with Crippen LogP contribution >= 0.6 is 0 Å². The van der Waals surface area contributed by atoms with Gasteiger partial charge in [-0.05, 0) is 29.2 Å². The molecule has 3 nitrogen and oxygen atoms in total. The van der Waals surface area contributed by atoms with Gasteiger partial charge in [-0.25, -0.2) is 4.79 Å². The average molecular weight is 270 g/mol. The molecule has 0 aliphatic carbocycles. The fourth-order valence-corrected chi connectivity index (χ4v) is 2.39. The second-order valence-corrected chi connectivity index (χ2v) is 4.93. The zero-order chi connectivity index (χ0) is 14.7. The van der Waals surface area contributed by atoms with Crippen LogP contribution in [0.5, 0.6) is 5.75 Å². The topological polar surface area (TPSA) is 46.5 Å². The largest absolute Gasteiger partial charge is 0.496 e. The van der Waals surface area contributed by atoms with Crippen LogP contribution in [-0.4, -0.2) is 18.2 Å². The zero-order valence-corrected chi connectivity index (χ0v) is 11.9. The summed E-state index contributed by atoms with van der Waals surface area (Å²) in [5.41, 5.74) is 2.93. The van der Waals surface area contributed by atoms with Crippen molar-refractivity contribution >= 4 is 5.97 Å². The first-order valence-electron chi connectivity index (χ1n) is 6.55. The number of carboxylic acids is 1. The van der Waals surface area contributed by atoms with Crippen molar-refractivity contribution in [2.24, 2.45) is 0 Å². The quantitative estimate of drug-likeness (QED) is 0.906. The number of hydrogen-bond donors (Lipinski definition) is 1. The van der Waals surface area contributed by atoms with E-state index in [9.17, 15) is 9.90 Å². The molecule has 104 valence electrons. The van der Waals surface area contributed by atoms with Gasteiger partial charge in [-0.1, -0.05) is 44.2 Å². The normalized spacial score (nSPS) is 10.6. The van der Waals surface area contributed by atoms with E-state index in [-0.39, 0.29) is 5.56 Å². The van der Waals surface area contributed by atoms with E-state index in [2.05, 4.69) is 13.8 Å². The number of ether oxygens (including phenoxy) is 1. The fraction of sp³-hybridized carbons (Fsp3) is 0.235. The van der Waals surface area contributed by atoms with Crippen LogP contribution < -0.4 is 4.74 Å². The minimum Gasteiger partial charge on any atom is -0.496 e. The third-order valence-electron chi connectivity index (χ3n) is 3.33. The van der Waals surface area contributed by atoms with Crippen LogP contribution in [0.4, 0.5) is 0 Å². The molecule has 0 fully saturated rings. The second kappa shape index (κ2) is 5.78. The fourth-order valence-electron chi connectivity index (χ4n) is 2.39. The number of carboxylic acid groups (broad SMARTS) is 1. The molecule has 0 spiro atoms. The molecule has 0 aliphatic heterocycles. The van der Waals surface area contributed by atoms with Crippen LogP contribution in [0, 0.1) is 0 Å². The minimum atomic E-state index is -0.947. The Balaban J connectivity index is 2.78. The minimum absolute atomic E-state index is 0.262. The Labute approximate surface area is 118 Å². The van der Waals surface area contributed by atoms with Crippen LogP contribution in [0.25, 0.3) is 11.1 Å². The van der Waals surface area contributed by atoms with Gasteiger partial charge in [0.05, 0.1) is 12.7 Å². The van der Waals surface area contributed by atoms with Gasteiger partial charge in [-0.2, -0.15) is 0 Å². The van der Waals surface area contributed by atoms with Gasteiger partial charge in [0.1, 0.15) is 5.75 Å². The predicted octanol–water partition coefficient (Wildman–Crippen LogP) is 4.18. The van der Waals surface area contributed by atoms with Gasteiger partial charge in [0.2, 0.25) is 0 Å². The van der Waals surface area contributed by atoms with Crippen molar-refractivity contribution in [3.63, 3.8) is 0 Å². The third-order valence-corrected chi connectivity index (χ3v) is 3.33. The lowest BCUT2D eigenvalue weighted by Crippen LogP contribution is -2.03. The molecule has 2 rings (SSSR count). The van der Waals surface area contributed by atoms with Gasteiger partial charge in [0.25, 0.3) is 0 Å². The number of carbonyl (C=O) groups is 1. The van der Waals surface area contributed by atoms with Crippen LogP contribution in [0.2, 0.25) is 0 Å². The van der Waals surface area contributed by atoms with Crippen LogP contribution in [0.3, 0.4) is 0 Å². The summed E-state index contributed by atoms with van der Waals surface area (Å²) in [4.78, 5) is 11.5. The first-order valence-corrected chi connectivity index (χ1v) is 6.55. The van der Waals surface area contributed by atoms with E-state index in [4.69, 9.17) is 4.74 Å². The zero-order valence-electron chi connectivity index (χ0n) is 11.9. The van der Waals surface area contributed by atoms with E-state index in [1.54, 1.807) is 25.3 Å². The van der Waals surface area contributed by atoms with Crippen molar-refractivity contribution in [3.8, 4) is 16.9 Å². The molecule has 0 bridgehead atoms. The summed E-state index contributed by atoms with van der Waals surface area (Å²) in [5.74, 6) is -0.0618. The molecule has 1 N–H and O–H groups in total. The number of hydrogen-bond acceptors (Lipinski definition) is 2. The molecule has 0 aromatic heterocycles. The summed E-state index contributed by atoms with van der Waals surface area (Å²) in [6.45, 7) is 4.18. The molecule has 2 aromatic rings. The van der Waals surface area contributed by atoms with Crippen LogP contribution in [0.1, 0.15) is 35.7 Å². The molecule has 0 amide bonds. The Morgan fingerprint density at radius 1 is 1.10 bits per heavy atom. The molecule has 0 aliphatic rings. The third kappa shape index (κ3) is 2.52. The molecule has 0 saturated carbocycles. The molecular formula is C17H18O3. The summed E-state index contributed by atoms with van der Waals surface area (Å²) in [6, 6.07) is 13.0. The van der Waals surface area contributed by atoms with Gasteiger partial charge in [-0.3, -0.25) is 0 Å². The Hall–Kier alpha value is -2.29. The predicted molar refractivity (Wildman–Crippen MR) is 79.5 cm³/mol. The van der Waals surface area contributed by atoms with Crippen molar-refractivity contribution in [2.75, 3.05) is 7.11 Å². The molecule has 0 radical (unpaired) electrons. The van der Waals surface area contributed by atoms with Gasteiger partial charge in [0.15, 0.2) is 0 Å². The highest BCUT2D eigenvalue weighted by Crippen LogP contribution is 2.37. The van der Waals surface area contributed by atoms with Gasteiger partial charge in [0, 0.05) is 5.56 Å². The van der Waals surface area contributed by atoms with Crippen LogP contribution in [0.15, 0.2) is 42.5 Å². The Morgan fingerprint density at radius 3 is 2.40 bits per heavy atom. The van der Waals surface area contributed by atoms with E-state index < -0.39 is 5.97 Å². The summed E-state index contributed by atoms with van der Waals surface area (Å²) in [5, 5.41) is 9.42. The van der Waals surface area contributed by atoms with Gasteiger partial charge in [-0.15, -0.1) is 0 Å². The van der Waals surface area contributed by atoms with Crippen molar-refractivity contribution in [1.82, 2.24) is 0 Å². The Morgan fingerprint density at radius 2 is 1.80 bits per heavy atom. The lowest BCUT2D eigenvalue weighted by molar-refractivity contribution is 0.0697. The maximum Gasteiger partial charge on any atom is 0.336 e. The lowest BCUT2D eigenvalue weighted by Gasteiger charge is -2.17. The smallest absolute Gasteiger partial charge is 0.336 e. The lowest BCUT2D eigenvalue weighted by atomic mass is 9.89. The van der Waals surface area contributed by atoms with E-state index in [0.29, 0.717) is 17.2 Å². The molecule has 0 unspecified atom stereocenters. The van der Waals surface area contributed by atoms with E-state index in [1.165, 1.54) is 0 Å². The van der Waals surface area contributed by atoms with E-state index >= 15 is 0 Å². The first kappa shape index (κ1) is 14.1. The SMILES string of the molecule is COc1cccc(C(=O)O)c1-c1ccccc1C(C)C. The monoisotopic (exact) mass is 270 g/mol. The summed E-state index contributed by atoms with van der Waals surface area (Å²) < 4.78 is 5.36. The molecule has 0 saturated heterocycles. The second-order valence-electron chi connectivity index (χ2n) is 4.93. The highest BCUT2D eigenvalue weighted by molar-refractivity contribution is 5.98. The molecule has 0 atom stereocenters. The molecule has 3 heteroatoms. The molecule has 0 heterocycles. The first-order chi connectivity index (χ1) is 9.56. The number of aromatic carboxylic acids is 1. The van der Waals surface area contributed by atoms with Gasteiger partial charge < -0.3 is 9.84 Å².